The van der Waals surface area contributed by atoms with E-state index in [9.17, 15) is 4.79 Å². The molecule has 3 heteroatoms. The van der Waals surface area contributed by atoms with Crippen LogP contribution < -0.4 is 9.80 Å². The van der Waals surface area contributed by atoms with Crippen molar-refractivity contribution in [3.05, 3.63) is 71.9 Å². The van der Waals surface area contributed by atoms with Gasteiger partial charge in [0.15, 0.2) is 5.78 Å². The first-order chi connectivity index (χ1) is 10.2. The maximum absolute atomic E-state index is 12.6. The Bertz CT molecular complexity index is 691. The molecule has 0 fully saturated rings. The Labute approximate surface area is 125 Å². The molecule has 1 heterocycles. The number of rotatable bonds is 2. The molecule has 2 aromatic carbocycles. The van der Waals surface area contributed by atoms with E-state index < -0.39 is 0 Å². The second kappa shape index (κ2) is 5.44. The van der Waals surface area contributed by atoms with Crippen LogP contribution in [0.1, 0.15) is 10.4 Å². The van der Waals surface area contributed by atoms with Crippen LogP contribution >= 0.6 is 0 Å². The first kappa shape index (κ1) is 13.4. The van der Waals surface area contributed by atoms with Gasteiger partial charge in [-0.05, 0) is 24.3 Å². The van der Waals surface area contributed by atoms with Gasteiger partial charge >= 0.3 is 0 Å². The Morgan fingerprint density at radius 2 is 1.71 bits per heavy atom. The number of carbonyl (C=O) groups excluding carboxylic acids is 1. The number of ketones is 1. The second-order valence-electron chi connectivity index (χ2n) is 5.30. The van der Waals surface area contributed by atoms with Crippen molar-refractivity contribution in [2.24, 2.45) is 0 Å². The van der Waals surface area contributed by atoms with Gasteiger partial charge in [-0.25, -0.2) is 0 Å². The molecule has 1 aliphatic rings. The average Bonchev–Trinajstić information content (AvgIpc) is 2.53. The fourth-order valence-electron chi connectivity index (χ4n) is 2.65. The van der Waals surface area contributed by atoms with Gasteiger partial charge in [0.2, 0.25) is 0 Å². The molecule has 21 heavy (non-hydrogen) atoms. The standard InChI is InChI=1S/C18H18N2O/c1-19(15-8-4-3-5-9-15)12-14-13-20(2)17-11-7-6-10-16(17)18(14)21/h3-12H,13H2,1-2H3/b14-12+. The lowest BCUT2D eigenvalue weighted by atomic mass is 9.97. The fourth-order valence-corrected chi connectivity index (χ4v) is 2.65. The zero-order valence-corrected chi connectivity index (χ0v) is 12.3. The smallest absolute Gasteiger partial charge is 0.194 e. The molecule has 0 aliphatic carbocycles. The molecule has 0 saturated heterocycles. The molecule has 0 bridgehead atoms. The highest BCUT2D eigenvalue weighted by atomic mass is 16.1. The number of hydrogen-bond donors (Lipinski definition) is 0. The minimum absolute atomic E-state index is 0.117. The zero-order chi connectivity index (χ0) is 14.8. The molecule has 1 aliphatic heterocycles. The van der Waals surface area contributed by atoms with Crippen LogP contribution in [0.2, 0.25) is 0 Å². The molecular weight excluding hydrogens is 260 g/mol. The first-order valence-electron chi connectivity index (χ1n) is 7.00. The summed E-state index contributed by atoms with van der Waals surface area (Å²) < 4.78 is 0. The molecule has 0 radical (unpaired) electrons. The molecule has 0 saturated carbocycles. The monoisotopic (exact) mass is 278 g/mol. The van der Waals surface area contributed by atoms with E-state index in [0.29, 0.717) is 6.54 Å². The van der Waals surface area contributed by atoms with Gasteiger partial charge in [0.25, 0.3) is 0 Å². The van der Waals surface area contributed by atoms with Crippen LogP contribution in [0.4, 0.5) is 11.4 Å². The molecule has 3 nitrogen and oxygen atoms in total. The normalized spacial score (nSPS) is 16.0. The van der Waals surface area contributed by atoms with Crippen molar-refractivity contribution in [1.82, 2.24) is 0 Å². The minimum Gasteiger partial charge on any atom is -0.369 e. The van der Waals surface area contributed by atoms with Crippen molar-refractivity contribution < 1.29 is 4.79 Å². The van der Waals surface area contributed by atoms with E-state index in [1.807, 2.05) is 79.8 Å². The number of para-hydroxylation sites is 2. The summed E-state index contributed by atoms with van der Waals surface area (Å²) in [5.74, 6) is 0.117. The van der Waals surface area contributed by atoms with Crippen LogP contribution in [0.3, 0.4) is 0 Å². The van der Waals surface area contributed by atoms with Crippen LogP contribution in [0.15, 0.2) is 66.4 Å². The molecule has 0 aromatic heterocycles. The lowest BCUT2D eigenvalue weighted by Crippen LogP contribution is -2.31. The lowest BCUT2D eigenvalue weighted by Gasteiger charge is -2.29. The number of likely N-dealkylation sites (N-methyl/N-ethyl adjacent to an activating group) is 1. The van der Waals surface area contributed by atoms with Gasteiger partial charge in [-0.3, -0.25) is 4.79 Å². The highest BCUT2D eigenvalue weighted by Gasteiger charge is 2.25. The summed E-state index contributed by atoms with van der Waals surface area (Å²) in [6.45, 7) is 0.632. The Morgan fingerprint density at radius 1 is 1.05 bits per heavy atom. The van der Waals surface area contributed by atoms with Crippen LogP contribution in [-0.4, -0.2) is 26.4 Å². The largest absolute Gasteiger partial charge is 0.369 e. The Kier molecular flexibility index (Phi) is 3.48. The Balaban J connectivity index is 1.94. The van der Waals surface area contributed by atoms with Gasteiger partial charge in [-0.1, -0.05) is 30.3 Å². The van der Waals surface area contributed by atoms with E-state index in [1.54, 1.807) is 0 Å². The number of hydrogen-bond acceptors (Lipinski definition) is 3. The summed E-state index contributed by atoms with van der Waals surface area (Å²) in [7, 11) is 3.98. The number of anilines is 2. The van der Waals surface area contributed by atoms with E-state index in [2.05, 4.69) is 4.90 Å². The van der Waals surface area contributed by atoms with Crippen molar-refractivity contribution >= 4 is 17.2 Å². The van der Waals surface area contributed by atoms with E-state index in [-0.39, 0.29) is 5.78 Å². The van der Waals surface area contributed by atoms with Gasteiger partial charge in [-0.2, -0.15) is 0 Å². The molecule has 0 spiro atoms. The van der Waals surface area contributed by atoms with Crippen molar-refractivity contribution in [2.45, 2.75) is 0 Å². The third-order valence-electron chi connectivity index (χ3n) is 3.77. The van der Waals surface area contributed by atoms with Crippen LogP contribution in [0.25, 0.3) is 0 Å². The lowest BCUT2D eigenvalue weighted by molar-refractivity contribution is 0.103. The number of carbonyl (C=O) groups is 1. The van der Waals surface area contributed by atoms with E-state index in [0.717, 1.165) is 22.5 Å². The number of Topliss-reactive ketones (excluding diaryl/α,β-unsaturated/α-hetero) is 1. The summed E-state index contributed by atoms with van der Waals surface area (Å²) >= 11 is 0. The van der Waals surface area contributed by atoms with Gasteiger partial charge < -0.3 is 9.80 Å². The van der Waals surface area contributed by atoms with Crippen LogP contribution in [-0.2, 0) is 0 Å². The molecule has 2 aromatic rings. The maximum atomic E-state index is 12.6. The predicted octanol–water partition coefficient (Wildman–Crippen LogP) is 3.34. The molecular formula is C18H18N2O. The highest BCUT2D eigenvalue weighted by Crippen LogP contribution is 2.28. The summed E-state index contributed by atoms with van der Waals surface area (Å²) in [5, 5.41) is 0. The molecule has 3 rings (SSSR count). The fraction of sp³-hybridized carbons (Fsp3) is 0.167. The first-order valence-corrected chi connectivity index (χ1v) is 7.00. The summed E-state index contributed by atoms with van der Waals surface area (Å²) in [6, 6.07) is 17.8. The topological polar surface area (TPSA) is 23.6 Å². The number of fused-ring (bicyclic) bond motifs is 1. The minimum atomic E-state index is 0.117. The van der Waals surface area contributed by atoms with Crippen molar-refractivity contribution in [2.75, 3.05) is 30.4 Å². The molecule has 106 valence electrons. The third kappa shape index (κ3) is 2.55. The third-order valence-corrected chi connectivity index (χ3v) is 3.77. The summed E-state index contributed by atoms with van der Waals surface area (Å²) in [6.07, 6.45) is 1.93. The van der Waals surface area contributed by atoms with Gasteiger partial charge in [-0.15, -0.1) is 0 Å². The SMILES string of the molecule is CN(/C=C1\CN(C)c2ccccc2C1=O)c1ccccc1. The quantitative estimate of drug-likeness (QED) is 0.787. The molecule has 0 amide bonds. The molecule has 0 unspecified atom stereocenters. The van der Waals surface area contributed by atoms with Crippen LogP contribution in [0, 0.1) is 0 Å². The predicted molar refractivity (Wildman–Crippen MR) is 87.0 cm³/mol. The average molecular weight is 278 g/mol. The van der Waals surface area contributed by atoms with Crippen LogP contribution in [0.5, 0.6) is 0 Å². The van der Waals surface area contributed by atoms with E-state index >= 15 is 0 Å². The zero-order valence-electron chi connectivity index (χ0n) is 12.3. The summed E-state index contributed by atoms with van der Waals surface area (Å²) in [4.78, 5) is 16.7. The van der Waals surface area contributed by atoms with Gasteiger partial charge in [0, 0.05) is 49.4 Å². The molecule has 0 atom stereocenters. The molecule has 0 N–H and O–H groups in total. The number of benzene rings is 2. The highest BCUT2D eigenvalue weighted by molar-refractivity contribution is 6.14. The maximum Gasteiger partial charge on any atom is 0.194 e. The van der Waals surface area contributed by atoms with E-state index in [1.165, 1.54) is 0 Å². The summed E-state index contributed by atoms with van der Waals surface area (Å²) in [5.41, 5.74) is 3.66. The van der Waals surface area contributed by atoms with Gasteiger partial charge in [0.05, 0.1) is 0 Å². The van der Waals surface area contributed by atoms with Gasteiger partial charge in [0.1, 0.15) is 0 Å². The van der Waals surface area contributed by atoms with E-state index in [4.69, 9.17) is 0 Å². The number of nitrogens with zero attached hydrogens (tertiary/aromatic N) is 2. The van der Waals surface area contributed by atoms with Crippen molar-refractivity contribution in [3.63, 3.8) is 0 Å². The Morgan fingerprint density at radius 3 is 2.48 bits per heavy atom. The van der Waals surface area contributed by atoms with Crippen molar-refractivity contribution in [3.8, 4) is 0 Å². The Hall–Kier alpha value is -2.55. The van der Waals surface area contributed by atoms with Crippen molar-refractivity contribution in [1.29, 1.82) is 0 Å². The second-order valence-corrected chi connectivity index (χ2v) is 5.30.